The molecule has 0 aromatic heterocycles. The monoisotopic (exact) mass is 425 g/mol. The molecule has 4 rings (SSSR count). The topological polar surface area (TPSA) is 40.2 Å². The van der Waals surface area contributed by atoms with E-state index in [1.54, 1.807) is 0 Å². The first-order chi connectivity index (χ1) is 15.2. The van der Waals surface area contributed by atoms with Crippen molar-refractivity contribution in [2.45, 2.75) is 52.4 Å². The highest BCUT2D eigenvalue weighted by Crippen LogP contribution is 2.35. The summed E-state index contributed by atoms with van der Waals surface area (Å²) in [6.45, 7) is 8.63. The van der Waals surface area contributed by atoms with Crippen LogP contribution in [0.4, 0.5) is 0 Å². The van der Waals surface area contributed by atoms with Crippen molar-refractivity contribution < 1.29 is 18.9 Å². The molecule has 0 spiro atoms. The van der Waals surface area contributed by atoms with Gasteiger partial charge < -0.3 is 23.8 Å². The van der Waals surface area contributed by atoms with Gasteiger partial charge in [-0.25, -0.2) is 0 Å². The van der Waals surface area contributed by atoms with E-state index >= 15 is 0 Å². The summed E-state index contributed by atoms with van der Waals surface area (Å²) in [6.07, 6.45) is 7.08. The van der Waals surface area contributed by atoms with Gasteiger partial charge >= 0.3 is 0 Å². The fraction of sp³-hybridized carbons (Fsp3) is 0.538. The molecule has 0 aliphatic carbocycles. The largest absolute Gasteiger partial charge is 0.454 e. The molecule has 5 nitrogen and oxygen atoms in total. The molecule has 0 atom stereocenters. The van der Waals surface area contributed by atoms with E-state index in [4.69, 9.17) is 18.9 Å². The predicted molar refractivity (Wildman–Crippen MR) is 122 cm³/mol. The fourth-order valence-electron chi connectivity index (χ4n) is 4.51. The van der Waals surface area contributed by atoms with Crippen molar-refractivity contribution in [3.05, 3.63) is 47.5 Å². The van der Waals surface area contributed by atoms with Crippen LogP contribution in [-0.2, 0) is 12.8 Å². The molecule has 2 aliphatic rings. The summed E-state index contributed by atoms with van der Waals surface area (Å²) < 4.78 is 22.0. The third-order valence-corrected chi connectivity index (χ3v) is 6.54. The minimum atomic E-state index is 0.336. The summed E-state index contributed by atoms with van der Waals surface area (Å²) in [5, 5.41) is 0. The lowest BCUT2D eigenvalue weighted by Gasteiger charge is -2.21. The van der Waals surface area contributed by atoms with Crippen molar-refractivity contribution in [2.24, 2.45) is 5.92 Å². The van der Waals surface area contributed by atoms with Crippen LogP contribution >= 0.6 is 0 Å². The second-order valence-electron chi connectivity index (χ2n) is 8.49. The molecule has 0 bridgehead atoms. The zero-order valence-corrected chi connectivity index (χ0v) is 18.9. The maximum Gasteiger partial charge on any atom is 0.231 e. The van der Waals surface area contributed by atoms with Gasteiger partial charge in [-0.3, -0.25) is 0 Å². The van der Waals surface area contributed by atoms with Crippen molar-refractivity contribution >= 4 is 0 Å². The van der Waals surface area contributed by atoms with Gasteiger partial charge in [-0.2, -0.15) is 0 Å². The second kappa shape index (κ2) is 10.8. The molecule has 0 saturated heterocycles. The Labute approximate surface area is 186 Å². The Balaban J connectivity index is 1.33. The molecular formula is C26H35NO4. The summed E-state index contributed by atoms with van der Waals surface area (Å²) in [4.78, 5) is 2.52. The van der Waals surface area contributed by atoms with Crippen LogP contribution in [0, 0.1) is 5.92 Å². The van der Waals surface area contributed by atoms with Gasteiger partial charge in [0.05, 0.1) is 0 Å². The van der Waals surface area contributed by atoms with E-state index in [0.29, 0.717) is 19.5 Å². The molecule has 0 saturated carbocycles. The Morgan fingerprint density at radius 3 is 1.74 bits per heavy atom. The van der Waals surface area contributed by atoms with Crippen molar-refractivity contribution in [1.82, 2.24) is 4.90 Å². The Bertz CT molecular complexity index is 788. The minimum Gasteiger partial charge on any atom is -0.454 e. The predicted octanol–water partition coefficient (Wildman–Crippen LogP) is 5.45. The number of benzene rings is 2. The van der Waals surface area contributed by atoms with Crippen LogP contribution in [0.5, 0.6) is 23.0 Å². The average molecular weight is 426 g/mol. The molecule has 2 aromatic carbocycles. The first-order valence-electron chi connectivity index (χ1n) is 11.7. The summed E-state index contributed by atoms with van der Waals surface area (Å²) in [5.41, 5.74) is 2.67. The number of aryl methyl sites for hydroxylation is 2. The van der Waals surface area contributed by atoms with Crippen LogP contribution in [0.1, 0.15) is 50.7 Å². The summed E-state index contributed by atoms with van der Waals surface area (Å²) in [7, 11) is 0. The highest BCUT2D eigenvalue weighted by atomic mass is 16.7. The lowest BCUT2D eigenvalue weighted by atomic mass is 9.89. The standard InChI is InChI=1S/C26H35NO4/c1-3-27(4-2)15-5-6-20(7-9-21-11-13-23-25(16-21)30-18-28-23)8-10-22-12-14-24-26(17-22)31-19-29-24/h11-14,16-17,20H,3-10,15,18-19H2,1-2H3. The molecule has 2 aliphatic heterocycles. The number of rotatable bonds is 12. The highest BCUT2D eigenvalue weighted by molar-refractivity contribution is 5.45. The highest BCUT2D eigenvalue weighted by Gasteiger charge is 2.17. The van der Waals surface area contributed by atoms with Gasteiger partial charge in [0.2, 0.25) is 13.6 Å². The van der Waals surface area contributed by atoms with Crippen LogP contribution in [0.3, 0.4) is 0 Å². The van der Waals surface area contributed by atoms with E-state index in [0.717, 1.165) is 48.9 Å². The molecule has 0 N–H and O–H groups in total. The summed E-state index contributed by atoms with van der Waals surface area (Å²) >= 11 is 0. The normalized spacial score (nSPS) is 14.1. The molecule has 0 amide bonds. The molecule has 2 aromatic rings. The molecule has 5 heteroatoms. The summed E-state index contributed by atoms with van der Waals surface area (Å²) in [5.74, 6) is 4.20. The van der Waals surface area contributed by atoms with E-state index in [1.165, 1.54) is 43.4 Å². The molecule has 0 unspecified atom stereocenters. The van der Waals surface area contributed by atoms with E-state index in [2.05, 4.69) is 43.0 Å². The van der Waals surface area contributed by atoms with Crippen LogP contribution in [0.2, 0.25) is 0 Å². The van der Waals surface area contributed by atoms with Crippen molar-refractivity contribution in [1.29, 1.82) is 0 Å². The maximum absolute atomic E-state index is 5.55. The number of nitrogens with zero attached hydrogens (tertiary/aromatic N) is 1. The lowest BCUT2D eigenvalue weighted by Crippen LogP contribution is -2.24. The Kier molecular flexibility index (Phi) is 7.57. The third kappa shape index (κ3) is 5.85. The quantitative estimate of drug-likeness (QED) is 0.452. The molecule has 0 radical (unpaired) electrons. The first-order valence-corrected chi connectivity index (χ1v) is 11.7. The van der Waals surface area contributed by atoms with Gasteiger partial charge in [-0.1, -0.05) is 26.0 Å². The number of fused-ring (bicyclic) bond motifs is 2. The van der Waals surface area contributed by atoms with Crippen LogP contribution in [-0.4, -0.2) is 38.1 Å². The number of hydrogen-bond acceptors (Lipinski definition) is 5. The van der Waals surface area contributed by atoms with Crippen molar-refractivity contribution in [2.75, 3.05) is 33.2 Å². The maximum atomic E-state index is 5.55. The Morgan fingerprint density at radius 2 is 1.23 bits per heavy atom. The van der Waals surface area contributed by atoms with Gasteiger partial charge in [-0.05, 0) is 99.5 Å². The van der Waals surface area contributed by atoms with E-state index in [1.807, 2.05) is 12.1 Å². The first kappa shape index (κ1) is 21.8. The lowest BCUT2D eigenvalue weighted by molar-refractivity contribution is 0.173. The smallest absolute Gasteiger partial charge is 0.231 e. The van der Waals surface area contributed by atoms with Crippen molar-refractivity contribution in [3.63, 3.8) is 0 Å². The Hall–Kier alpha value is -2.40. The molecule has 2 heterocycles. The van der Waals surface area contributed by atoms with Gasteiger partial charge in [-0.15, -0.1) is 0 Å². The van der Waals surface area contributed by atoms with Gasteiger partial charge in [0.15, 0.2) is 23.0 Å². The van der Waals surface area contributed by atoms with Crippen molar-refractivity contribution in [3.8, 4) is 23.0 Å². The number of ether oxygens (including phenoxy) is 4. The SMILES string of the molecule is CCN(CC)CCCC(CCc1ccc2c(c1)OCO2)CCc1ccc2c(c1)OCO2. The zero-order chi connectivity index (χ0) is 21.5. The van der Waals surface area contributed by atoms with E-state index in [-0.39, 0.29) is 0 Å². The average Bonchev–Trinajstić information content (AvgIpc) is 3.46. The molecule has 0 fully saturated rings. The Morgan fingerprint density at radius 1 is 0.710 bits per heavy atom. The third-order valence-electron chi connectivity index (χ3n) is 6.54. The van der Waals surface area contributed by atoms with E-state index in [9.17, 15) is 0 Å². The van der Waals surface area contributed by atoms with Gasteiger partial charge in [0.1, 0.15) is 0 Å². The molecule has 31 heavy (non-hydrogen) atoms. The van der Waals surface area contributed by atoms with Crippen LogP contribution in [0.15, 0.2) is 36.4 Å². The summed E-state index contributed by atoms with van der Waals surface area (Å²) in [6, 6.07) is 12.7. The number of hydrogen-bond donors (Lipinski definition) is 0. The van der Waals surface area contributed by atoms with Crippen LogP contribution < -0.4 is 18.9 Å². The second-order valence-corrected chi connectivity index (χ2v) is 8.49. The molecule has 168 valence electrons. The van der Waals surface area contributed by atoms with E-state index < -0.39 is 0 Å². The van der Waals surface area contributed by atoms with Gasteiger partial charge in [0, 0.05) is 0 Å². The zero-order valence-electron chi connectivity index (χ0n) is 18.9. The minimum absolute atomic E-state index is 0.336. The fourth-order valence-corrected chi connectivity index (χ4v) is 4.51. The van der Waals surface area contributed by atoms with Gasteiger partial charge in [0.25, 0.3) is 0 Å². The molecular weight excluding hydrogens is 390 g/mol. The van der Waals surface area contributed by atoms with Crippen LogP contribution in [0.25, 0.3) is 0 Å².